The molecule has 4 nitrogen and oxygen atoms in total. The van der Waals surface area contributed by atoms with Gasteiger partial charge in [0.25, 0.3) is 0 Å². The van der Waals surface area contributed by atoms with Gasteiger partial charge in [0.05, 0.1) is 6.61 Å². The van der Waals surface area contributed by atoms with Crippen LogP contribution in [0, 0.1) is 0 Å². The standard InChI is InChI=1S/C12H17ClN2O2/c1-2-9-8-10(5-6-11(9)13)17-7-3-4-12(16)15-14/h5-6,8H,2-4,7,14H2,1H3,(H,15,16). The molecule has 0 fully saturated rings. The van der Waals surface area contributed by atoms with Crippen LogP contribution in [-0.4, -0.2) is 12.5 Å². The third-order valence-corrected chi connectivity index (χ3v) is 2.74. The summed E-state index contributed by atoms with van der Waals surface area (Å²) in [5.74, 6) is 5.56. The van der Waals surface area contributed by atoms with Gasteiger partial charge in [0.15, 0.2) is 0 Å². The van der Waals surface area contributed by atoms with E-state index >= 15 is 0 Å². The van der Waals surface area contributed by atoms with E-state index in [1.165, 1.54) is 0 Å². The summed E-state index contributed by atoms with van der Waals surface area (Å²) < 4.78 is 5.52. The Bertz CT molecular complexity index is 383. The molecule has 0 radical (unpaired) electrons. The number of ether oxygens (including phenoxy) is 1. The predicted octanol–water partition coefficient (Wildman–Crippen LogP) is 2.05. The van der Waals surface area contributed by atoms with Crippen LogP contribution in [-0.2, 0) is 11.2 Å². The number of halogens is 1. The smallest absolute Gasteiger partial charge is 0.234 e. The van der Waals surface area contributed by atoms with Crippen LogP contribution in [0.4, 0.5) is 0 Å². The lowest BCUT2D eigenvalue weighted by atomic mass is 10.1. The summed E-state index contributed by atoms with van der Waals surface area (Å²) in [5.41, 5.74) is 3.14. The van der Waals surface area contributed by atoms with E-state index in [1.807, 2.05) is 25.1 Å². The van der Waals surface area contributed by atoms with E-state index in [9.17, 15) is 4.79 Å². The van der Waals surface area contributed by atoms with Gasteiger partial charge in [0.1, 0.15) is 5.75 Å². The highest BCUT2D eigenvalue weighted by molar-refractivity contribution is 6.31. The van der Waals surface area contributed by atoms with Gasteiger partial charge in [-0.25, -0.2) is 5.84 Å². The second-order valence-corrected chi connectivity index (χ2v) is 4.03. The fourth-order valence-electron chi connectivity index (χ4n) is 1.41. The first-order valence-electron chi connectivity index (χ1n) is 5.58. The average molecular weight is 257 g/mol. The van der Waals surface area contributed by atoms with E-state index in [-0.39, 0.29) is 5.91 Å². The minimum atomic E-state index is -0.182. The van der Waals surface area contributed by atoms with Crippen LogP contribution in [0.1, 0.15) is 25.3 Å². The van der Waals surface area contributed by atoms with Crippen molar-refractivity contribution in [3.05, 3.63) is 28.8 Å². The maximum absolute atomic E-state index is 10.9. The van der Waals surface area contributed by atoms with Gasteiger partial charge in [0.2, 0.25) is 5.91 Å². The Morgan fingerprint density at radius 3 is 2.94 bits per heavy atom. The molecule has 1 rings (SSSR count). The highest BCUT2D eigenvalue weighted by Gasteiger charge is 2.02. The van der Waals surface area contributed by atoms with Crippen LogP contribution >= 0.6 is 11.6 Å². The van der Waals surface area contributed by atoms with E-state index < -0.39 is 0 Å². The van der Waals surface area contributed by atoms with Crippen molar-refractivity contribution in [1.29, 1.82) is 0 Å². The largest absolute Gasteiger partial charge is 0.494 e. The van der Waals surface area contributed by atoms with Gasteiger partial charge < -0.3 is 4.74 Å². The fraction of sp³-hybridized carbons (Fsp3) is 0.417. The van der Waals surface area contributed by atoms with Crippen LogP contribution in [0.2, 0.25) is 5.02 Å². The molecule has 0 atom stereocenters. The number of carbonyl (C=O) groups is 1. The molecule has 0 aliphatic heterocycles. The molecule has 0 saturated carbocycles. The predicted molar refractivity (Wildman–Crippen MR) is 67.9 cm³/mol. The van der Waals surface area contributed by atoms with Gasteiger partial charge in [-0.15, -0.1) is 0 Å². The molecule has 94 valence electrons. The van der Waals surface area contributed by atoms with Crippen molar-refractivity contribution < 1.29 is 9.53 Å². The molecule has 1 aromatic carbocycles. The van der Waals surface area contributed by atoms with Gasteiger partial charge in [0, 0.05) is 11.4 Å². The number of rotatable bonds is 6. The molecule has 0 aliphatic rings. The number of aryl methyl sites for hydroxylation is 1. The summed E-state index contributed by atoms with van der Waals surface area (Å²) in [6, 6.07) is 5.57. The Morgan fingerprint density at radius 1 is 1.53 bits per heavy atom. The molecule has 0 unspecified atom stereocenters. The van der Waals surface area contributed by atoms with E-state index in [2.05, 4.69) is 5.43 Å². The highest BCUT2D eigenvalue weighted by atomic mass is 35.5. The molecule has 1 amide bonds. The molecule has 0 aliphatic carbocycles. The van der Waals surface area contributed by atoms with E-state index in [1.54, 1.807) is 0 Å². The molecule has 0 aromatic heterocycles. The number of amides is 1. The lowest BCUT2D eigenvalue weighted by molar-refractivity contribution is -0.121. The Hall–Kier alpha value is -1.26. The number of carbonyl (C=O) groups excluding carboxylic acids is 1. The van der Waals surface area contributed by atoms with E-state index in [4.69, 9.17) is 22.2 Å². The average Bonchev–Trinajstić information content (AvgIpc) is 2.36. The van der Waals surface area contributed by atoms with Crippen molar-refractivity contribution in [2.24, 2.45) is 5.84 Å². The summed E-state index contributed by atoms with van der Waals surface area (Å²) in [6.45, 7) is 2.52. The molecular weight excluding hydrogens is 240 g/mol. The first-order valence-corrected chi connectivity index (χ1v) is 5.95. The second kappa shape index (κ2) is 7.14. The SMILES string of the molecule is CCc1cc(OCCCC(=O)NN)ccc1Cl. The van der Waals surface area contributed by atoms with Crippen LogP contribution < -0.4 is 16.0 Å². The molecular formula is C12H17ClN2O2. The molecule has 17 heavy (non-hydrogen) atoms. The van der Waals surface area contributed by atoms with Crippen molar-refractivity contribution in [2.75, 3.05) is 6.61 Å². The van der Waals surface area contributed by atoms with E-state index in [0.717, 1.165) is 22.8 Å². The second-order valence-electron chi connectivity index (χ2n) is 3.63. The number of nitrogens with one attached hydrogen (secondary N) is 1. The van der Waals surface area contributed by atoms with Crippen LogP contribution in [0.5, 0.6) is 5.75 Å². The lowest BCUT2D eigenvalue weighted by Gasteiger charge is -2.08. The third kappa shape index (κ3) is 4.63. The van der Waals surface area contributed by atoms with Crippen LogP contribution in [0.15, 0.2) is 18.2 Å². The van der Waals surface area contributed by atoms with Gasteiger partial charge in [-0.1, -0.05) is 18.5 Å². The van der Waals surface area contributed by atoms with Crippen LogP contribution in [0.25, 0.3) is 0 Å². The minimum absolute atomic E-state index is 0.182. The van der Waals surface area contributed by atoms with Crippen molar-refractivity contribution in [3.63, 3.8) is 0 Å². The Morgan fingerprint density at radius 2 is 2.29 bits per heavy atom. The van der Waals surface area contributed by atoms with Gasteiger partial charge in [-0.2, -0.15) is 0 Å². The Labute approximate surface area is 106 Å². The molecule has 5 heteroatoms. The molecule has 0 bridgehead atoms. The molecule has 0 heterocycles. The number of hydrogen-bond donors (Lipinski definition) is 2. The van der Waals surface area contributed by atoms with Gasteiger partial charge in [-0.05, 0) is 36.6 Å². The zero-order valence-corrected chi connectivity index (χ0v) is 10.6. The minimum Gasteiger partial charge on any atom is -0.494 e. The number of nitrogens with two attached hydrogens (primary N) is 1. The zero-order valence-electron chi connectivity index (χ0n) is 9.83. The quantitative estimate of drug-likeness (QED) is 0.354. The summed E-state index contributed by atoms with van der Waals surface area (Å²) in [6.07, 6.45) is 1.86. The molecule has 0 spiro atoms. The zero-order chi connectivity index (χ0) is 12.7. The van der Waals surface area contributed by atoms with Gasteiger partial charge in [-0.3, -0.25) is 10.2 Å². The summed E-state index contributed by atoms with van der Waals surface area (Å²) in [4.78, 5) is 10.9. The van der Waals surface area contributed by atoms with Crippen LogP contribution in [0.3, 0.4) is 0 Å². The van der Waals surface area contributed by atoms with Crippen molar-refractivity contribution >= 4 is 17.5 Å². The monoisotopic (exact) mass is 256 g/mol. The fourth-order valence-corrected chi connectivity index (χ4v) is 1.66. The number of hydrazine groups is 1. The third-order valence-electron chi connectivity index (χ3n) is 2.38. The van der Waals surface area contributed by atoms with Crippen molar-refractivity contribution in [3.8, 4) is 5.75 Å². The summed E-state index contributed by atoms with van der Waals surface area (Å²) >= 11 is 6.00. The summed E-state index contributed by atoms with van der Waals surface area (Å²) in [5, 5.41) is 0.752. The van der Waals surface area contributed by atoms with E-state index in [0.29, 0.717) is 19.4 Å². The highest BCUT2D eigenvalue weighted by Crippen LogP contribution is 2.22. The van der Waals surface area contributed by atoms with Crippen molar-refractivity contribution in [1.82, 2.24) is 5.43 Å². The van der Waals surface area contributed by atoms with Crippen molar-refractivity contribution in [2.45, 2.75) is 26.2 Å². The maximum Gasteiger partial charge on any atom is 0.234 e. The number of benzene rings is 1. The number of hydrogen-bond acceptors (Lipinski definition) is 3. The first-order chi connectivity index (χ1) is 8.17. The van der Waals surface area contributed by atoms with Gasteiger partial charge >= 0.3 is 0 Å². The molecule has 1 aromatic rings. The summed E-state index contributed by atoms with van der Waals surface area (Å²) in [7, 11) is 0. The Kier molecular flexibility index (Phi) is 5.80. The topological polar surface area (TPSA) is 64.3 Å². The normalized spacial score (nSPS) is 10.1. The Balaban J connectivity index is 2.39. The lowest BCUT2D eigenvalue weighted by Crippen LogP contribution is -2.29. The first kappa shape index (κ1) is 13.8. The molecule has 3 N–H and O–H groups in total. The molecule has 0 saturated heterocycles. The maximum atomic E-state index is 10.9.